The average Bonchev–Trinajstić information content (AvgIpc) is 2.65. The molecule has 2 aromatic carbocycles. The maximum atomic E-state index is 9.52. The first-order valence-corrected chi connectivity index (χ1v) is 8.01. The van der Waals surface area contributed by atoms with Gasteiger partial charge in [0.05, 0.1) is 18.9 Å². The van der Waals surface area contributed by atoms with E-state index < -0.39 is 0 Å². The van der Waals surface area contributed by atoms with Crippen LogP contribution in [0.25, 0.3) is 0 Å². The van der Waals surface area contributed by atoms with E-state index >= 15 is 0 Å². The minimum Gasteiger partial charge on any atom is -0.411 e. The predicted octanol–water partition coefficient (Wildman–Crippen LogP) is 3.33. The van der Waals surface area contributed by atoms with Gasteiger partial charge in [-0.1, -0.05) is 65.8 Å². The SMILES string of the molecule is O/N=C(/CC(c1ccccc1)N1CCOCC1)c1ccccc1. The molecule has 0 amide bonds. The summed E-state index contributed by atoms with van der Waals surface area (Å²) < 4.78 is 5.48. The van der Waals surface area contributed by atoms with Gasteiger partial charge in [-0.2, -0.15) is 0 Å². The molecule has 2 aromatic rings. The Kier molecular flexibility index (Phi) is 5.40. The second-order valence-corrected chi connectivity index (χ2v) is 5.69. The lowest BCUT2D eigenvalue weighted by Crippen LogP contribution is -2.40. The second-order valence-electron chi connectivity index (χ2n) is 5.69. The molecule has 1 fully saturated rings. The number of ether oxygens (including phenoxy) is 1. The number of hydrogen-bond donors (Lipinski definition) is 1. The van der Waals surface area contributed by atoms with Crippen LogP contribution in [0.3, 0.4) is 0 Å². The number of hydrogen-bond acceptors (Lipinski definition) is 4. The lowest BCUT2D eigenvalue weighted by molar-refractivity contribution is 0.0174. The molecular weight excluding hydrogens is 288 g/mol. The van der Waals surface area contributed by atoms with Crippen LogP contribution in [0.1, 0.15) is 23.6 Å². The maximum absolute atomic E-state index is 9.52. The molecule has 0 spiro atoms. The molecule has 0 bridgehead atoms. The minimum atomic E-state index is 0.186. The van der Waals surface area contributed by atoms with Gasteiger partial charge in [0.15, 0.2) is 0 Å². The van der Waals surface area contributed by atoms with Crippen molar-refractivity contribution in [1.29, 1.82) is 0 Å². The van der Waals surface area contributed by atoms with Crippen molar-refractivity contribution in [1.82, 2.24) is 4.90 Å². The zero-order valence-electron chi connectivity index (χ0n) is 13.1. The van der Waals surface area contributed by atoms with Crippen LogP contribution in [0.2, 0.25) is 0 Å². The maximum Gasteiger partial charge on any atom is 0.0886 e. The van der Waals surface area contributed by atoms with Gasteiger partial charge < -0.3 is 9.94 Å². The fourth-order valence-corrected chi connectivity index (χ4v) is 3.05. The third-order valence-electron chi connectivity index (χ3n) is 4.29. The third-order valence-corrected chi connectivity index (χ3v) is 4.29. The number of nitrogens with zero attached hydrogens (tertiary/aromatic N) is 2. The van der Waals surface area contributed by atoms with Crippen LogP contribution >= 0.6 is 0 Å². The van der Waals surface area contributed by atoms with Crippen molar-refractivity contribution < 1.29 is 9.94 Å². The Hall–Kier alpha value is -2.17. The monoisotopic (exact) mass is 310 g/mol. The zero-order valence-corrected chi connectivity index (χ0v) is 13.1. The summed E-state index contributed by atoms with van der Waals surface area (Å²) in [5.74, 6) is 0. The highest BCUT2D eigenvalue weighted by atomic mass is 16.5. The van der Waals surface area contributed by atoms with Gasteiger partial charge >= 0.3 is 0 Å². The smallest absolute Gasteiger partial charge is 0.0886 e. The third kappa shape index (κ3) is 3.97. The van der Waals surface area contributed by atoms with Crippen LogP contribution < -0.4 is 0 Å². The summed E-state index contributed by atoms with van der Waals surface area (Å²) >= 11 is 0. The normalized spacial score (nSPS) is 17.8. The molecule has 4 heteroatoms. The first-order valence-electron chi connectivity index (χ1n) is 8.01. The molecule has 1 heterocycles. The van der Waals surface area contributed by atoms with Gasteiger partial charge in [-0.25, -0.2) is 0 Å². The summed E-state index contributed by atoms with van der Waals surface area (Å²) in [5.41, 5.74) is 2.92. The van der Waals surface area contributed by atoms with Gasteiger partial charge in [0.1, 0.15) is 0 Å². The van der Waals surface area contributed by atoms with Crippen molar-refractivity contribution in [3.8, 4) is 0 Å². The molecule has 3 rings (SSSR count). The van der Waals surface area contributed by atoms with Crippen LogP contribution in [-0.2, 0) is 4.74 Å². The van der Waals surface area contributed by atoms with Crippen LogP contribution in [0.5, 0.6) is 0 Å². The Morgan fingerprint density at radius 1 is 1.00 bits per heavy atom. The molecule has 23 heavy (non-hydrogen) atoms. The van der Waals surface area contributed by atoms with Crippen molar-refractivity contribution in [3.05, 3.63) is 71.8 Å². The quantitative estimate of drug-likeness (QED) is 0.523. The Balaban J connectivity index is 1.86. The van der Waals surface area contributed by atoms with E-state index in [9.17, 15) is 5.21 Å². The highest BCUT2D eigenvalue weighted by Crippen LogP contribution is 2.27. The van der Waals surface area contributed by atoms with E-state index in [-0.39, 0.29) is 6.04 Å². The van der Waals surface area contributed by atoms with Crippen LogP contribution in [0.4, 0.5) is 0 Å². The summed E-state index contributed by atoms with van der Waals surface area (Å²) in [7, 11) is 0. The van der Waals surface area contributed by atoms with Crippen molar-refractivity contribution in [3.63, 3.8) is 0 Å². The van der Waals surface area contributed by atoms with Crippen LogP contribution in [0.15, 0.2) is 65.8 Å². The van der Waals surface area contributed by atoms with E-state index in [1.54, 1.807) is 0 Å². The van der Waals surface area contributed by atoms with Crippen LogP contribution in [0, 0.1) is 0 Å². The molecule has 4 nitrogen and oxygen atoms in total. The molecule has 1 aliphatic heterocycles. The number of benzene rings is 2. The predicted molar refractivity (Wildman–Crippen MR) is 91.0 cm³/mol. The molecular formula is C19H22N2O2. The van der Waals surface area contributed by atoms with E-state index in [2.05, 4.69) is 34.3 Å². The van der Waals surface area contributed by atoms with E-state index in [1.165, 1.54) is 5.56 Å². The van der Waals surface area contributed by atoms with Gasteiger partial charge in [0.2, 0.25) is 0 Å². The van der Waals surface area contributed by atoms with Crippen molar-refractivity contribution >= 4 is 5.71 Å². The molecule has 0 radical (unpaired) electrons. The summed E-state index contributed by atoms with van der Waals surface area (Å²) in [6.45, 7) is 3.29. The topological polar surface area (TPSA) is 45.1 Å². The molecule has 0 saturated carbocycles. The molecule has 1 N–H and O–H groups in total. The number of oxime groups is 1. The Bertz CT molecular complexity index is 622. The number of morpholine rings is 1. The molecule has 1 aliphatic rings. The van der Waals surface area contributed by atoms with Crippen molar-refractivity contribution in [2.75, 3.05) is 26.3 Å². The summed E-state index contributed by atoms with van der Waals surface area (Å²) in [6.07, 6.45) is 0.671. The highest BCUT2D eigenvalue weighted by Gasteiger charge is 2.24. The Morgan fingerprint density at radius 2 is 1.61 bits per heavy atom. The van der Waals surface area contributed by atoms with Crippen LogP contribution in [-0.4, -0.2) is 42.1 Å². The van der Waals surface area contributed by atoms with Gasteiger partial charge in [-0.05, 0) is 11.1 Å². The van der Waals surface area contributed by atoms with Crippen molar-refractivity contribution in [2.24, 2.45) is 5.16 Å². The Morgan fingerprint density at radius 3 is 2.22 bits per heavy atom. The number of rotatable bonds is 5. The molecule has 1 atom stereocenters. The summed E-state index contributed by atoms with van der Waals surface area (Å²) in [6, 6.07) is 20.5. The van der Waals surface area contributed by atoms with Gasteiger partial charge in [-0.15, -0.1) is 0 Å². The second kappa shape index (κ2) is 7.90. The van der Waals surface area contributed by atoms with E-state index in [0.717, 1.165) is 31.9 Å². The lowest BCUT2D eigenvalue weighted by atomic mass is 9.95. The fraction of sp³-hybridized carbons (Fsp3) is 0.316. The summed E-state index contributed by atoms with van der Waals surface area (Å²) in [5, 5.41) is 13.1. The summed E-state index contributed by atoms with van der Waals surface area (Å²) in [4.78, 5) is 2.41. The first kappa shape index (κ1) is 15.7. The van der Waals surface area contributed by atoms with E-state index in [0.29, 0.717) is 12.1 Å². The Labute approximate surface area is 137 Å². The molecule has 0 aromatic heterocycles. The van der Waals surface area contributed by atoms with Gasteiger partial charge in [0, 0.05) is 25.6 Å². The van der Waals surface area contributed by atoms with E-state index in [1.807, 2.05) is 36.4 Å². The van der Waals surface area contributed by atoms with E-state index in [4.69, 9.17) is 4.74 Å². The standard InChI is InChI=1S/C19H22N2O2/c22-20-18(16-7-3-1-4-8-16)15-19(17-9-5-2-6-10-17)21-11-13-23-14-12-21/h1-10,19,22H,11-15H2/b20-18-. The highest BCUT2D eigenvalue weighted by molar-refractivity contribution is 6.00. The fourth-order valence-electron chi connectivity index (χ4n) is 3.05. The van der Waals surface area contributed by atoms with Gasteiger partial charge in [0.25, 0.3) is 0 Å². The molecule has 1 saturated heterocycles. The first-order chi connectivity index (χ1) is 11.4. The molecule has 120 valence electrons. The van der Waals surface area contributed by atoms with Crippen molar-refractivity contribution in [2.45, 2.75) is 12.5 Å². The zero-order chi connectivity index (χ0) is 15.9. The average molecular weight is 310 g/mol. The molecule has 1 unspecified atom stereocenters. The largest absolute Gasteiger partial charge is 0.411 e. The molecule has 0 aliphatic carbocycles. The van der Waals surface area contributed by atoms with Gasteiger partial charge in [-0.3, -0.25) is 4.90 Å². The lowest BCUT2D eigenvalue weighted by Gasteiger charge is -2.35. The minimum absolute atomic E-state index is 0.186.